The number of benzene rings is 1. The first-order valence-electron chi connectivity index (χ1n) is 3.90. The summed E-state index contributed by atoms with van der Waals surface area (Å²) in [5.74, 6) is 0.584. The summed E-state index contributed by atoms with van der Waals surface area (Å²) in [5, 5.41) is 1.67. The number of halogens is 1. The van der Waals surface area contributed by atoms with Crippen LogP contribution in [0, 0.1) is 0 Å². The molecule has 0 bridgehead atoms. The van der Waals surface area contributed by atoms with Gasteiger partial charge in [-0.25, -0.2) is 4.98 Å². The van der Waals surface area contributed by atoms with Crippen LogP contribution in [0.4, 0.5) is 0 Å². The van der Waals surface area contributed by atoms with Crippen molar-refractivity contribution >= 4 is 22.5 Å². The van der Waals surface area contributed by atoms with E-state index < -0.39 is 0 Å². The van der Waals surface area contributed by atoms with E-state index in [0.717, 1.165) is 10.9 Å². The van der Waals surface area contributed by atoms with Crippen LogP contribution in [0.5, 0.6) is 5.88 Å². The summed E-state index contributed by atoms with van der Waals surface area (Å²) in [7, 11) is 1.59. The first kappa shape index (κ1) is 8.32. The SMILES string of the molecule is COc1ccc2cccc(Cl)c2n1. The van der Waals surface area contributed by atoms with Crippen molar-refractivity contribution in [2.24, 2.45) is 0 Å². The van der Waals surface area contributed by atoms with Crippen LogP contribution >= 0.6 is 11.6 Å². The Labute approximate surface area is 81.1 Å². The van der Waals surface area contributed by atoms with Crippen LogP contribution in [-0.4, -0.2) is 12.1 Å². The van der Waals surface area contributed by atoms with E-state index in [2.05, 4.69) is 4.98 Å². The summed E-state index contributed by atoms with van der Waals surface area (Å²) in [6, 6.07) is 9.44. The maximum absolute atomic E-state index is 5.97. The maximum atomic E-state index is 5.97. The first-order chi connectivity index (χ1) is 6.31. The van der Waals surface area contributed by atoms with E-state index in [-0.39, 0.29) is 0 Å². The minimum atomic E-state index is 0.584. The summed E-state index contributed by atoms with van der Waals surface area (Å²) < 4.78 is 5.01. The van der Waals surface area contributed by atoms with Crippen molar-refractivity contribution in [2.75, 3.05) is 7.11 Å². The fourth-order valence-electron chi connectivity index (χ4n) is 1.21. The van der Waals surface area contributed by atoms with Crippen molar-refractivity contribution in [3.8, 4) is 5.88 Å². The van der Waals surface area contributed by atoms with Gasteiger partial charge in [0, 0.05) is 11.5 Å². The van der Waals surface area contributed by atoms with Gasteiger partial charge in [0.2, 0.25) is 5.88 Å². The molecule has 1 heterocycles. The molecule has 0 aliphatic carbocycles. The molecule has 0 aliphatic heterocycles. The zero-order valence-electron chi connectivity index (χ0n) is 7.12. The topological polar surface area (TPSA) is 22.1 Å². The van der Waals surface area contributed by atoms with Gasteiger partial charge in [-0.15, -0.1) is 0 Å². The second-order valence-corrected chi connectivity index (χ2v) is 3.07. The van der Waals surface area contributed by atoms with Crippen LogP contribution in [0.15, 0.2) is 30.3 Å². The number of ether oxygens (including phenoxy) is 1. The normalized spacial score (nSPS) is 10.3. The van der Waals surface area contributed by atoms with Gasteiger partial charge in [-0.1, -0.05) is 23.7 Å². The van der Waals surface area contributed by atoms with E-state index in [9.17, 15) is 0 Å². The third-order valence-corrected chi connectivity index (χ3v) is 2.16. The van der Waals surface area contributed by atoms with E-state index in [0.29, 0.717) is 10.9 Å². The van der Waals surface area contributed by atoms with Crippen molar-refractivity contribution in [1.29, 1.82) is 0 Å². The molecule has 0 spiro atoms. The minimum absolute atomic E-state index is 0.584. The standard InChI is InChI=1S/C10H8ClNO/c1-13-9-6-5-7-3-2-4-8(11)10(7)12-9/h2-6H,1H3. The Morgan fingerprint density at radius 2 is 2.08 bits per heavy atom. The lowest BCUT2D eigenvalue weighted by molar-refractivity contribution is 0.399. The molecule has 2 aromatic rings. The van der Waals surface area contributed by atoms with Gasteiger partial charge in [0.25, 0.3) is 0 Å². The second-order valence-electron chi connectivity index (χ2n) is 2.67. The number of hydrogen-bond acceptors (Lipinski definition) is 2. The van der Waals surface area contributed by atoms with Gasteiger partial charge in [0.05, 0.1) is 17.6 Å². The number of methoxy groups -OCH3 is 1. The van der Waals surface area contributed by atoms with Gasteiger partial charge in [0.1, 0.15) is 0 Å². The maximum Gasteiger partial charge on any atom is 0.213 e. The molecule has 0 amide bonds. The fourth-order valence-corrected chi connectivity index (χ4v) is 1.43. The predicted molar refractivity (Wildman–Crippen MR) is 53.3 cm³/mol. The molecule has 1 aromatic heterocycles. The molecule has 1 aromatic carbocycles. The molecule has 2 rings (SSSR count). The molecular formula is C10H8ClNO. The highest BCUT2D eigenvalue weighted by Crippen LogP contribution is 2.23. The van der Waals surface area contributed by atoms with Crippen molar-refractivity contribution in [3.05, 3.63) is 35.4 Å². The Bertz CT molecular complexity index is 442. The van der Waals surface area contributed by atoms with E-state index in [1.54, 1.807) is 7.11 Å². The third-order valence-electron chi connectivity index (χ3n) is 1.85. The Balaban J connectivity index is 2.74. The molecular weight excluding hydrogens is 186 g/mol. The number of hydrogen-bond donors (Lipinski definition) is 0. The van der Waals surface area contributed by atoms with Crippen molar-refractivity contribution in [2.45, 2.75) is 0 Å². The van der Waals surface area contributed by atoms with Crippen LogP contribution in [0.2, 0.25) is 5.02 Å². The molecule has 66 valence electrons. The monoisotopic (exact) mass is 193 g/mol. The summed E-state index contributed by atoms with van der Waals surface area (Å²) >= 11 is 5.97. The molecule has 0 radical (unpaired) electrons. The van der Waals surface area contributed by atoms with Gasteiger partial charge in [0.15, 0.2) is 0 Å². The van der Waals surface area contributed by atoms with Crippen LogP contribution in [-0.2, 0) is 0 Å². The largest absolute Gasteiger partial charge is 0.481 e. The lowest BCUT2D eigenvalue weighted by Crippen LogP contribution is -1.87. The highest BCUT2D eigenvalue weighted by Gasteiger charge is 2.00. The third kappa shape index (κ3) is 1.45. The number of rotatable bonds is 1. The second kappa shape index (κ2) is 3.23. The quantitative estimate of drug-likeness (QED) is 0.695. The average Bonchev–Trinajstić information content (AvgIpc) is 2.18. The van der Waals surface area contributed by atoms with Crippen LogP contribution < -0.4 is 4.74 Å². The van der Waals surface area contributed by atoms with E-state index in [1.807, 2.05) is 30.3 Å². The Morgan fingerprint density at radius 3 is 2.85 bits per heavy atom. The van der Waals surface area contributed by atoms with Crippen molar-refractivity contribution < 1.29 is 4.74 Å². The van der Waals surface area contributed by atoms with E-state index in [1.165, 1.54) is 0 Å². The summed E-state index contributed by atoms with van der Waals surface area (Å²) in [6.45, 7) is 0. The number of para-hydroxylation sites is 1. The predicted octanol–water partition coefficient (Wildman–Crippen LogP) is 2.90. The fraction of sp³-hybridized carbons (Fsp3) is 0.100. The Morgan fingerprint density at radius 1 is 1.23 bits per heavy atom. The number of fused-ring (bicyclic) bond motifs is 1. The molecule has 0 aliphatic rings. The Kier molecular flexibility index (Phi) is 2.07. The van der Waals surface area contributed by atoms with Crippen molar-refractivity contribution in [1.82, 2.24) is 4.98 Å². The van der Waals surface area contributed by atoms with Crippen LogP contribution in [0.1, 0.15) is 0 Å². The molecule has 0 atom stereocenters. The molecule has 0 unspecified atom stereocenters. The molecule has 2 nitrogen and oxygen atoms in total. The molecule has 0 saturated heterocycles. The van der Waals surface area contributed by atoms with Gasteiger partial charge in [-0.3, -0.25) is 0 Å². The summed E-state index contributed by atoms with van der Waals surface area (Å²) in [6.07, 6.45) is 0. The molecule has 0 fully saturated rings. The van der Waals surface area contributed by atoms with Crippen LogP contribution in [0.3, 0.4) is 0 Å². The van der Waals surface area contributed by atoms with Gasteiger partial charge >= 0.3 is 0 Å². The number of nitrogens with zero attached hydrogens (tertiary/aromatic N) is 1. The summed E-state index contributed by atoms with van der Waals surface area (Å²) in [4.78, 5) is 4.24. The van der Waals surface area contributed by atoms with Gasteiger partial charge in [-0.05, 0) is 12.1 Å². The minimum Gasteiger partial charge on any atom is -0.481 e. The van der Waals surface area contributed by atoms with Crippen molar-refractivity contribution in [3.63, 3.8) is 0 Å². The number of aromatic nitrogens is 1. The zero-order chi connectivity index (χ0) is 9.26. The lowest BCUT2D eigenvalue weighted by Gasteiger charge is -2.01. The number of pyridine rings is 1. The van der Waals surface area contributed by atoms with E-state index in [4.69, 9.17) is 16.3 Å². The highest BCUT2D eigenvalue weighted by molar-refractivity contribution is 6.35. The molecule has 0 N–H and O–H groups in total. The summed E-state index contributed by atoms with van der Waals surface area (Å²) in [5.41, 5.74) is 0.781. The van der Waals surface area contributed by atoms with Gasteiger partial charge < -0.3 is 4.74 Å². The lowest BCUT2D eigenvalue weighted by atomic mass is 10.2. The van der Waals surface area contributed by atoms with Crippen LogP contribution in [0.25, 0.3) is 10.9 Å². The average molecular weight is 194 g/mol. The molecule has 3 heteroatoms. The smallest absolute Gasteiger partial charge is 0.213 e. The van der Waals surface area contributed by atoms with E-state index >= 15 is 0 Å². The van der Waals surface area contributed by atoms with Gasteiger partial charge in [-0.2, -0.15) is 0 Å². The highest BCUT2D eigenvalue weighted by atomic mass is 35.5. The Hall–Kier alpha value is -1.28. The zero-order valence-corrected chi connectivity index (χ0v) is 7.88. The first-order valence-corrected chi connectivity index (χ1v) is 4.28. The molecule has 13 heavy (non-hydrogen) atoms. The molecule has 0 saturated carbocycles.